The highest BCUT2D eigenvalue weighted by Crippen LogP contribution is 2.28. The molecule has 0 atom stereocenters. The summed E-state index contributed by atoms with van der Waals surface area (Å²) in [5, 5.41) is 20.1. The monoisotopic (exact) mass is 289 g/mol. The molecule has 106 valence electrons. The Balaban J connectivity index is 3.04. The van der Waals surface area contributed by atoms with Gasteiger partial charge in [0, 0.05) is 19.2 Å². The molecule has 0 unspecified atom stereocenters. The molecule has 0 heterocycles. The minimum Gasteiger partial charge on any atom is -0.505 e. The van der Waals surface area contributed by atoms with Crippen LogP contribution in [0.2, 0.25) is 0 Å². The molecule has 2 N–H and O–H groups in total. The lowest BCUT2D eigenvalue weighted by Crippen LogP contribution is -2.35. The van der Waals surface area contributed by atoms with Crippen molar-refractivity contribution in [1.82, 2.24) is 4.31 Å². The van der Waals surface area contributed by atoms with Gasteiger partial charge in [0.1, 0.15) is 5.75 Å². The maximum Gasteiger partial charge on any atom is 0.301 e. The van der Waals surface area contributed by atoms with Gasteiger partial charge in [0.15, 0.2) is 0 Å². The minimum absolute atomic E-state index is 0.0995. The van der Waals surface area contributed by atoms with Crippen molar-refractivity contribution in [3.8, 4) is 5.75 Å². The Kier molecular flexibility index (Phi) is 4.67. The van der Waals surface area contributed by atoms with E-state index in [9.17, 15) is 23.6 Å². The van der Waals surface area contributed by atoms with E-state index in [-0.39, 0.29) is 24.5 Å². The summed E-state index contributed by atoms with van der Waals surface area (Å²) in [5.74, 6) is -0.495. The van der Waals surface area contributed by atoms with Crippen molar-refractivity contribution in [3.05, 3.63) is 28.3 Å². The van der Waals surface area contributed by atoms with Crippen molar-refractivity contribution < 1.29 is 18.4 Å². The number of phenols is 1. The number of aromatic hydroxyl groups is 1. The normalized spacial score (nSPS) is 11.5. The molecule has 0 aliphatic carbocycles. The minimum atomic E-state index is -3.78. The van der Waals surface area contributed by atoms with Gasteiger partial charge in [-0.05, 0) is 6.07 Å². The first-order valence-electron chi connectivity index (χ1n) is 5.57. The zero-order chi connectivity index (χ0) is 14.6. The van der Waals surface area contributed by atoms with Gasteiger partial charge < -0.3 is 5.11 Å². The maximum atomic E-state index is 11.9. The molecule has 0 aliphatic heterocycles. The Labute approximate surface area is 111 Å². The fourth-order valence-electron chi connectivity index (χ4n) is 1.49. The molecule has 0 saturated heterocycles. The summed E-state index contributed by atoms with van der Waals surface area (Å²) < 4.78 is 27.1. The van der Waals surface area contributed by atoms with Crippen LogP contribution in [0.4, 0.5) is 11.4 Å². The highest BCUT2D eigenvalue weighted by molar-refractivity contribution is 7.90. The fourth-order valence-corrected chi connectivity index (χ4v) is 2.75. The highest BCUT2D eigenvalue weighted by Gasteiger charge is 2.20. The predicted octanol–water partition coefficient (Wildman–Crippen LogP) is 1.30. The smallest absolute Gasteiger partial charge is 0.301 e. The number of non-ortho nitro benzene ring substituents is 1. The first-order chi connectivity index (χ1) is 8.81. The number of phenolic OH excluding ortho intramolecular Hbond substituents is 1. The SMILES string of the molecule is CCN(CC)S(=O)(=O)Nc1ccc([N+](=O)[O-])cc1O. The average molecular weight is 289 g/mol. The van der Waals surface area contributed by atoms with Crippen molar-refractivity contribution >= 4 is 21.6 Å². The molecule has 0 bridgehead atoms. The molecule has 19 heavy (non-hydrogen) atoms. The lowest BCUT2D eigenvalue weighted by atomic mass is 10.3. The largest absolute Gasteiger partial charge is 0.505 e. The van der Waals surface area contributed by atoms with Gasteiger partial charge in [-0.3, -0.25) is 14.8 Å². The van der Waals surface area contributed by atoms with Crippen molar-refractivity contribution in [1.29, 1.82) is 0 Å². The number of nitro benzene ring substituents is 1. The van der Waals surface area contributed by atoms with Gasteiger partial charge in [0.05, 0.1) is 16.7 Å². The van der Waals surface area contributed by atoms with Gasteiger partial charge in [-0.2, -0.15) is 12.7 Å². The second-order valence-corrected chi connectivity index (χ2v) is 5.32. The molecular formula is C10H15N3O5S. The lowest BCUT2D eigenvalue weighted by Gasteiger charge is -2.19. The second-order valence-electron chi connectivity index (χ2n) is 3.65. The molecule has 0 amide bonds. The van der Waals surface area contributed by atoms with E-state index in [1.807, 2.05) is 0 Å². The zero-order valence-corrected chi connectivity index (χ0v) is 11.3. The van der Waals surface area contributed by atoms with Gasteiger partial charge in [-0.25, -0.2) is 0 Å². The van der Waals surface area contributed by atoms with Crippen LogP contribution in [0.1, 0.15) is 13.8 Å². The van der Waals surface area contributed by atoms with Gasteiger partial charge in [0.25, 0.3) is 5.69 Å². The number of hydrogen-bond acceptors (Lipinski definition) is 5. The summed E-state index contributed by atoms with van der Waals surface area (Å²) in [6.45, 7) is 3.91. The van der Waals surface area contributed by atoms with Crippen LogP contribution >= 0.6 is 0 Å². The Morgan fingerprint density at radius 2 is 1.95 bits per heavy atom. The van der Waals surface area contributed by atoms with E-state index in [0.717, 1.165) is 22.5 Å². The van der Waals surface area contributed by atoms with Crippen LogP contribution in [0.15, 0.2) is 18.2 Å². The summed E-state index contributed by atoms with van der Waals surface area (Å²) in [7, 11) is -3.78. The fraction of sp³-hybridized carbons (Fsp3) is 0.400. The highest BCUT2D eigenvalue weighted by atomic mass is 32.2. The molecule has 1 aromatic rings. The van der Waals surface area contributed by atoms with Crippen molar-refractivity contribution in [2.75, 3.05) is 17.8 Å². The molecule has 0 radical (unpaired) electrons. The molecule has 0 saturated carbocycles. The molecule has 1 aromatic carbocycles. The van der Waals surface area contributed by atoms with Crippen LogP contribution < -0.4 is 4.72 Å². The standard InChI is InChI=1S/C10H15N3O5S/c1-3-12(4-2)19(17,18)11-9-6-5-8(13(15)16)7-10(9)14/h5-7,11,14H,3-4H2,1-2H3. The number of nitrogens with zero attached hydrogens (tertiary/aromatic N) is 2. The van der Waals surface area contributed by atoms with Crippen LogP contribution in [0, 0.1) is 10.1 Å². The van der Waals surface area contributed by atoms with Crippen molar-refractivity contribution in [2.45, 2.75) is 13.8 Å². The van der Waals surface area contributed by atoms with Crippen LogP contribution in [0.25, 0.3) is 0 Å². The number of benzene rings is 1. The van der Waals surface area contributed by atoms with Gasteiger partial charge in [0.2, 0.25) is 0 Å². The van der Waals surface area contributed by atoms with Crippen LogP contribution in [0.3, 0.4) is 0 Å². The van der Waals surface area contributed by atoms with E-state index in [0.29, 0.717) is 0 Å². The molecule has 1 rings (SSSR count). The predicted molar refractivity (Wildman–Crippen MR) is 70.2 cm³/mol. The molecule has 0 fully saturated rings. The number of nitrogens with one attached hydrogen (secondary N) is 1. The summed E-state index contributed by atoms with van der Waals surface area (Å²) in [6.07, 6.45) is 0. The summed E-state index contributed by atoms with van der Waals surface area (Å²) in [4.78, 5) is 9.82. The third-order valence-electron chi connectivity index (χ3n) is 2.48. The van der Waals surface area contributed by atoms with E-state index < -0.39 is 20.9 Å². The first kappa shape index (κ1) is 15.2. The molecule has 0 aliphatic rings. The number of rotatable bonds is 6. The number of nitro groups is 1. The van der Waals surface area contributed by atoms with E-state index in [1.54, 1.807) is 13.8 Å². The van der Waals surface area contributed by atoms with Crippen LogP contribution in [-0.4, -0.2) is 35.8 Å². The van der Waals surface area contributed by atoms with E-state index in [1.165, 1.54) is 0 Å². The molecule has 0 spiro atoms. The van der Waals surface area contributed by atoms with E-state index >= 15 is 0 Å². The van der Waals surface area contributed by atoms with E-state index in [2.05, 4.69) is 4.72 Å². The summed E-state index contributed by atoms with van der Waals surface area (Å²) in [5.41, 5.74) is -0.416. The van der Waals surface area contributed by atoms with Crippen molar-refractivity contribution in [3.63, 3.8) is 0 Å². The topological polar surface area (TPSA) is 113 Å². The number of hydrogen-bond donors (Lipinski definition) is 2. The summed E-state index contributed by atoms with van der Waals surface area (Å²) >= 11 is 0. The Hall–Kier alpha value is -1.87. The summed E-state index contributed by atoms with van der Waals surface area (Å²) in [6, 6.07) is 3.15. The molecule has 8 nitrogen and oxygen atoms in total. The van der Waals surface area contributed by atoms with Gasteiger partial charge in [-0.15, -0.1) is 0 Å². The van der Waals surface area contributed by atoms with Crippen molar-refractivity contribution in [2.24, 2.45) is 0 Å². The first-order valence-corrected chi connectivity index (χ1v) is 7.01. The lowest BCUT2D eigenvalue weighted by molar-refractivity contribution is -0.384. The Morgan fingerprint density at radius 3 is 2.37 bits per heavy atom. The Morgan fingerprint density at radius 1 is 1.37 bits per heavy atom. The second kappa shape index (κ2) is 5.85. The quantitative estimate of drug-likeness (QED) is 0.465. The third-order valence-corrected chi connectivity index (χ3v) is 4.15. The Bertz CT molecular complexity index is 569. The zero-order valence-electron chi connectivity index (χ0n) is 10.5. The van der Waals surface area contributed by atoms with Crippen LogP contribution in [-0.2, 0) is 10.2 Å². The maximum absolute atomic E-state index is 11.9. The number of anilines is 1. The molecule has 9 heteroatoms. The van der Waals surface area contributed by atoms with Crippen LogP contribution in [0.5, 0.6) is 5.75 Å². The third kappa shape index (κ3) is 3.55. The van der Waals surface area contributed by atoms with E-state index in [4.69, 9.17) is 0 Å². The van der Waals surface area contributed by atoms with Gasteiger partial charge >= 0.3 is 10.2 Å². The molecular weight excluding hydrogens is 274 g/mol. The van der Waals surface area contributed by atoms with Gasteiger partial charge in [-0.1, -0.05) is 13.8 Å². The molecule has 0 aromatic heterocycles. The average Bonchev–Trinajstić information content (AvgIpc) is 2.32.